The molecule has 1 atom stereocenters. The highest BCUT2D eigenvalue weighted by Crippen LogP contribution is 2.23. The van der Waals surface area contributed by atoms with Gasteiger partial charge in [-0.3, -0.25) is 4.90 Å². The molecule has 0 radical (unpaired) electrons. The second-order valence-corrected chi connectivity index (χ2v) is 5.56. The van der Waals surface area contributed by atoms with Crippen LogP contribution in [-0.4, -0.2) is 29.0 Å². The Balaban J connectivity index is 2.01. The quantitative estimate of drug-likeness (QED) is 0.859. The minimum absolute atomic E-state index is 0.623. The number of nitrogens with two attached hydrogens (primary N) is 1. The molecule has 1 aliphatic rings. The van der Waals surface area contributed by atoms with Crippen LogP contribution < -0.4 is 5.73 Å². The zero-order valence-electron chi connectivity index (χ0n) is 12.3. The third-order valence-electron chi connectivity index (χ3n) is 4.00. The summed E-state index contributed by atoms with van der Waals surface area (Å²) in [4.78, 5) is 7.05. The van der Waals surface area contributed by atoms with Crippen LogP contribution in [0.1, 0.15) is 56.4 Å². The first-order valence-corrected chi connectivity index (χ1v) is 7.64. The van der Waals surface area contributed by atoms with Gasteiger partial charge in [-0.25, -0.2) is 4.98 Å². The van der Waals surface area contributed by atoms with Crippen molar-refractivity contribution >= 4 is 0 Å². The fraction of sp³-hybridized carbons (Fsp3) is 0.800. The molecule has 1 aromatic rings. The van der Waals surface area contributed by atoms with Crippen molar-refractivity contribution in [1.82, 2.24) is 9.88 Å². The van der Waals surface area contributed by atoms with Gasteiger partial charge in [0.2, 0.25) is 0 Å². The highest BCUT2D eigenvalue weighted by atomic mass is 16.4. The van der Waals surface area contributed by atoms with Crippen LogP contribution in [0.5, 0.6) is 0 Å². The highest BCUT2D eigenvalue weighted by molar-refractivity contribution is 5.08. The van der Waals surface area contributed by atoms with E-state index in [1.54, 1.807) is 0 Å². The molecule has 1 fully saturated rings. The lowest BCUT2D eigenvalue weighted by Gasteiger charge is -2.35. The average molecular weight is 265 g/mol. The summed E-state index contributed by atoms with van der Waals surface area (Å²) in [5.41, 5.74) is 6.78. The molecular formula is C15H27N3O. The van der Waals surface area contributed by atoms with E-state index in [2.05, 4.69) is 23.7 Å². The Kier molecular flexibility index (Phi) is 5.40. The van der Waals surface area contributed by atoms with Gasteiger partial charge in [0, 0.05) is 12.5 Å². The van der Waals surface area contributed by atoms with Gasteiger partial charge in [-0.05, 0) is 45.7 Å². The molecule has 108 valence electrons. The van der Waals surface area contributed by atoms with Crippen LogP contribution in [0.15, 0.2) is 4.42 Å². The number of rotatable bonds is 6. The van der Waals surface area contributed by atoms with Crippen molar-refractivity contribution in [3.63, 3.8) is 0 Å². The standard InChI is InChI=1S/C15H27N3O/c1-3-6-15-17-12(2)14(19-15)11-18-10-5-4-7-13(18)8-9-16/h13H,3-11,16H2,1-2H3. The van der Waals surface area contributed by atoms with Crippen molar-refractivity contribution in [2.75, 3.05) is 13.1 Å². The van der Waals surface area contributed by atoms with E-state index in [0.29, 0.717) is 6.04 Å². The fourth-order valence-corrected chi connectivity index (χ4v) is 2.93. The predicted octanol–water partition coefficient (Wildman–Crippen LogP) is 2.64. The number of aryl methyl sites for hydroxylation is 2. The van der Waals surface area contributed by atoms with Crippen molar-refractivity contribution in [3.05, 3.63) is 17.3 Å². The minimum atomic E-state index is 0.623. The summed E-state index contributed by atoms with van der Waals surface area (Å²) < 4.78 is 5.90. The lowest BCUT2D eigenvalue weighted by atomic mass is 9.99. The molecule has 4 nitrogen and oxygen atoms in total. The summed E-state index contributed by atoms with van der Waals surface area (Å²) in [5.74, 6) is 1.94. The summed E-state index contributed by atoms with van der Waals surface area (Å²) in [5, 5.41) is 0. The minimum Gasteiger partial charge on any atom is -0.444 e. The van der Waals surface area contributed by atoms with Crippen LogP contribution in [0.3, 0.4) is 0 Å². The summed E-state index contributed by atoms with van der Waals surface area (Å²) in [7, 11) is 0. The van der Waals surface area contributed by atoms with E-state index in [4.69, 9.17) is 10.2 Å². The number of piperidine rings is 1. The van der Waals surface area contributed by atoms with Crippen LogP contribution >= 0.6 is 0 Å². The molecule has 0 amide bonds. The van der Waals surface area contributed by atoms with E-state index >= 15 is 0 Å². The van der Waals surface area contributed by atoms with E-state index in [0.717, 1.165) is 56.2 Å². The number of hydrogen-bond donors (Lipinski definition) is 1. The molecule has 0 saturated carbocycles. The maximum Gasteiger partial charge on any atom is 0.194 e. The maximum atomic E-state index is 5.90. The Labute approximate surface area is 116 Å². The largest absolute Gasteiger partial charge is 0.444 e. The van der Waals surface area contributed by atoms with Gasteiger partial charge in [-0.1, -0.05) is 13.3 Å². The van der Waals surface area contributed by atoms with E-state index < -0.39 is 0 Å². The Bertz CT molecular complexity index is 387. The Hall–Kier alpha value is -0.870. The summed E-state index contributed by atoms with van der Waals surface area (Å²) in [6.45, 7) is 7.04. The van der Waals surface area contributed by atoms with E-state index in [1.807, 2.05) is 0 Å². The topological polar surface area (TPSA) is 55.3 Å². The van der Waals surface area contributed by atoms with Crippen molar-refractivity contribution < 1.29 is 4.42 Å². The van der Waals surface area contributed by atoms with E-state index in [1.165, 1.54) is 19.3 Å². The van der Waals surface area contributed by atoms with Crippen LogP contribution in [-0.2, 0) is 13.0 Å². The smallest absolute Gasteiger partial charge is 0.194 e. The molecule has 2 N–H and O–H groups in total. The van der Waals surface area contributed by atoms with E-state index in [-0.39, 0.29) is 0 Å². The maximum absolute atomic E-state index is 5.90. The van der Waals surface area contributed by atoms with Gasteiger partial charge in [0.05, 0.1) is 12.2 Å². The van der Waals surface area contributed by atoms with Gasteiger partial charge in [0.1, 0.15) is 5.76 Å². The van der Waals surface area contributed by atoms with Gasteiger partial charge < -0.3 is 10.2 Å². The van der Waals surface area contributed by atoms with Crippen molar-refractivity contribution in [3.8, 4) is 0 Å². The first-order chi connectivity index (χ1) is 9.24. The van der Waals surface area contributed by atoms with Crippen molar-refractivity contribution in [2.24, 2.45) is 5.73 Å². The molecular weight excluding hydrogens is 238 g/mol. The molecule has 0 aromatic carbocycles. The number of aromatic nitrogens is 1. The Morgan fingerprint density at radius 1 is 1.42 bits per heavy atom. The van der Waals surface area contributed by atoms with Crippen LogP contribution in [0.25, 0.3) is 0 Å². The van der Waals surface area contributed by atoms with Crippen LogP contribution in [0.4, 0.5) is 0 Å². The van der Waals surface area contributed by atoms with Gasteiger partial charge in [0.15, 0.2) is 5.89 Å². The number of likely N-dealkylation sites (tertiary alicyclic amines) is 1. The van der Waals surface area contributed by atoms with Crippen molar-refractivity contribution in [1.29, 1.82) is 0 Å². The Morgan fingerprint density at radius 3 is 3.00 bits per heavy atom. The summed E-state index contributed by atoms with van der Waals surface area (Å²) in [6.07, 6.45) is 7.00. The zero-order valence-corrected chi connectivity index (χ0v) is 12.3. The average Bonchev–Trinajstić information content (AvgIpc) is 2.73. The van der Waals surface area contributed by atoms with E-state index in [9.17, 15) is 0 Å². The zero-order chi connectivity index (χ0) is 13.7. The lowest BCUT2D eigenvalue weighted by Crippen LogP contribution is -2.40. The summed E-state index contributed by atoms with van der Waals surface area (Å²) in [6, 6.07) is 0.623. The predicted molar refractivity (Wildman–Crippen MR) is 77.0 cm³/mol. The molecule has 4 heteroatoms. The molecule has 1 unspecified atom stereocenters. The first-order valence-electron chi connectivity index (χ1n) is 7.64. The fourth-order valence-electron chi connectivity index (χ4n) is 2.93. The van der Waals surface area contributed by atoms with Gasteiger partial charge >= 0.3 is 0 Å². The third kappa shape index (κ3) is 3.80. The highest BCUT2D eigenvalue weighted by Gasteiger charge is 2.23. The molecule has 1 aliphatic heterocycles. The van der Waals surface area contributed by atoms with Gasteiger partial charge in [-0.15, -0.1) is 0 Å². The molecule has 2 rings (SSSR count). The molecule has 2 heterocycles. The summed E-state index contributed by atoms with van der Waals surface area (Å²) >= 11 is 0. The second kappa shape index (κ2) is 7.06. The van der Waals surface area contributed by atoms with Gasteiger partial charge in [0.25, 0.3) is 0 Å². The van der Waals surface area contributed by atoms with Crippen molar-refractivity contribution in [2.45, 2.75) is 65.0 Å². The number of hydrogen-bond acceptors (Lipinski definition) is 4. The van der Waals surface area contributed by atoms with Crippen LogP contribution in [0.2, 0.25) is 0 Å². The number of nitrogens with zero attached hydrogens (tertiary/aromatic N) is 2. The monoisotopic (exact) mass is 265 g/mol. The number of oxazole rings is 1. The normalized spacial score (nSPS) is 20.9. The molecule has 0 spiro atoms. The van der Waals surface area contributed by atoms with Crippen LogP contribution in [0, 0.1) is 6.92 Å². The Morgan fingerprint density at radius 2 is 2.26 bits per heavy atom. The second-order valence-electron chi connectivity index (χ2n) is 5.56. The molecule has 1 aromatic heterocycles. The molecule has 19 heavy (non-hydrogen) atoms. The SMILES string of the molecule is CCCc1nc(C)c(CN2CCCCC2CCN)o1. The third-order valence-corrected chi connectivity index (χ3v) is 4.00. The lowest BCUT2D eigenvalue weighted by molar-refractivity contribution is 0.123. The first kappa shape index (κ1) is 14.5. The van der Waals surface area contributed by atoms with Gasteiger partial charge in [-0.2, -0.15) is 0 Å². The molecule has 1 saturated heterocycles. The molecule has 0 aliphatic carbocycles. The molecule has 0 bridgehead atoms.